The topological polar surface area (TPSA) is 72.1 Å². The number of hydrogen-bond donors (Lipinski definition) is 1. The lowest BCUT2D eigenvalue weighted by molar-refractivity contribution is 0.0741. The zero-order valence-electron chi connectivity index (χ0n) is 13.7. The van der Waals surface area contributed by atoms with Crippen molar-refractivity contribution in [3.8, 4) is 0 Å². The van der Waals surface area contributed by atoms with Gasteiger partial charge in [-0.3, -0.25) is 4.79 Å². The number of hydrogen-bond acceptors (Lipinski definition) is 5. The van der Waals surface area contributed by atoms with E-state index in [1.807, 2.05) is 11.2 Å². The molecule has 0 bridgehead atoms. The molecule has 0 radical (unpaired) electrons. The van der Waals surface area contributed by atoms with Gasteiger partial charge in [0.05, 0.1) is 11.3 Å². The first-order valence-electron chi connectivity index (χ1n) is 7.56. The second kappa shape index (κ2) is 7.97. The summed E-state index contributed by atoms with van der Waals surface area (Å²) in [4.78, 5) is 23.9. The minimum Gasteiger partial charge on any atom is -0.368 e. The highest BCUT2D eigenvalue weighted by atomic mass is 32.2. The molecule has 122 valence electrons. The molecule has 0 unspecified atom stereocenters. The summed E-state index contributed by atoms with van der Waals surface area (Å²) in [6.07, 6.45) is 4.45. The van der Waals surface area contributed by atoms with Crippen molar-refractivity contribution < 1.29 is 4.79 Å². The largest absolute Gasteiger partial charge is 0.368 e. The number of benzene rings is 1. The van der Waals surface area contributed by atoms with Gasteiger partial charge in [0.1, 0.15) is 0 Å². The van der Waals surface area contributed by atoms with E-state index in [1.54, 1.807) is 18.7 Å². The molecule has 1 amide bonds. The quantitative estimate of drug-likeness (QED) is 0.824. The van der Waals surface area contributed by atoms with Crippen LogP contribution in [0.3, 0.4) is 0 Å². The van der Waals surface area contributed by atoms with Crippen LogP contribution in [-0.2, 0) is 6.54 Å². The molecule has 1 aromatic carbocycles. The van der Waals surface area contributed by atoms with E-state index >= 15 is 0 Å². The zero-order valence-corrected chi connectivity index (χ0v) is 14.6. The van der Waals surface area contributed by atoms with Crippen LogP contribution in [0.15, 0.2) is 35.4 Å². The number of nitrogens with zero attached hydrogens (tertiary/aromatic N) is 3. The maximum absolute atomic E-state index is 12.8. The second-order valence-electron chi connectivity index (χ2n) is 5.30. The first kappa shape index (κ1) is 17.3. The third-order valence-corrected chi connectivity index (χ3v) is 4.29. The van der Waals surface area contributed by atoms with Crippen LogP contribution < -0.4 is 5.73 Å². The molecule has 1 heterocycles. The Balaban J connectivity index is 2.20. The van der Waals surface area contributed by atoms with Gasteiger partial charge in [-0.05, 0) is 37.3 Å². The standard InChI is InChI=1S/C17H22N4OS/c1-4-9-21(11-13-5-7-14(23-3)8-6-13)16(22)15-10-19-17(18)20-12(15)2/h5-8,10H,4,9,11H2,1-3H3,(H2,18,19,20). The van der Waals surface area contributed by atoms with Gasteiger partial charge >= 0.3 is 0 Å². The van der Waals surface area contributed by atoms with E-state index in [-0.39, 0.29) is 11.9 Å². The lowest BCUT2D eigenvalue weighted by atomic mass is 10.1. The molecule has 0 aliphatic carbocycles. The molecule has 1 aromatic heterocycles. The Labute approximate surface area is 141 Å². The van der Waals surface area contributed by atoms with Crippen molar-refractivity contribution in [1.82, 2.24) is 14.9 Å². The smallest absolute Gasteiger partial charge is 0.257 e. The third kappa shape index (κ3) is 4.45. The number of rotatable bonds is 6. The van der Waals surface area contributed by atoms with Gasteiger partial charge in [-0.25, -0.2) is 9.97 Å². The molecule has 2 aromatic rings. The Hall–Kier alpha value is -2.08. The minimum atomic E-state index is -0.0571. The molecule has 0 aliphatic rings. The molecule has 2 N–H and O–H groups in total. The van der Waals surface area contributed by atoms with E-state index in [2.05, 4.69) is 41.2 Å². The SMILES string of the molecule is CCCN(Cc1ccc(SC)cc1)C(=O)c1cnc(N)nc1C. The first-order chi connectivity index (χ1) is 11.0. The number of thioether (sulfide) groups is 1. The number of anilines is 1. The molecular formula is C17H22N4OS. The van der Waals surface area contributed by atoms with Crippen LogP contribution in [0.25, 0.3) is 0 Å². The van der Waals surface area contributed by atoms with E-state index in [4.69, 9.17) is 5.73 Å². The number of aryl methyl sites for hydroxylation is 1. The zero-order chi connectivity index (χ0) is 16.8. The van der Waals surface area contributed by atoms with Crippen LogP contribution in [0.5, 0.6) is 0 Å². The summed E-state index contributed by atoms with van der Waals surface area (Å²) in [6, 6.07) is 8.28. The fraction of sp³-hybridized carbons (Fsp3) is 0.353. The molecule has 0 spiro atoms. The van der Waals surface area contributed by atoms with Crippen molar-refractivity contribution in [2.75, 3.05) is 18.5 Å². The molecule has 5 nitrogen and oxygen atoms in total. The summed E-state index contributed by atoms with van der Waals surface area (Å²) in [5.41, 5.74) is 7.79. The van der Waals surface area contributed by atoms with E-state index in [1.165, 1.54) is 11.1 Å². The first-order valence-corrected chi connectivity index (χ1v) is 8.79. The van der Waals surface area contributed by atoms with Crippen molar-refractivity contribution in [2.24, 2.45) is 0 Å². The molecule has 0 saturated carbocycles. The summed E-state index contributed by atoms with van der Waals surface area (Å²) in [6.45, 7) is 5.10. The number of nitrogens with two attached hydrogens (primary N) is 1. The lowest BCUT2D eigenvalue weighted by Crippen LogP contribution is -2.32. The molecular weight excluding hydrogens is 308 g/mol. The average molecular weight is 330 g/mol. The monoisotopic (exact) mass is 330 g/mol. The molecule has 0 aliphatic heterocycles. The fourth-order valence-corrected chi connectivity index (χ4v) is 2.75. The number of carbonyl (C=O) groups is 1. The van der Waals surface area contributed by atoms with Crippen LogP contribution in [0.1, 0.15) is 35.0 Å². The van der Waals surface area contributed by atoms with Crippen LogP contribution >= 0.6 is 11.8 Å². The van der Waals surface area contributed by atoms with Crippen molar-refractivity contribution in [3.63, 3.8) is 0 Å². The molecule has 0 atom stereocenters. The van der Waals surface area contributed by atoms with E-state index < -0.39 is 0 Å². The minimum absolute atomic E-state index is 0.0571. The Morgan fingerprint density at radius 1 is 1.30 bits per heavy atom. The maximum atomic E-state index is 12.8. The summed E-state index contributed by atoms with van der Waals surface area (Å²) in [5, 5.41) is 0. The predicted octanol–water partition coefficient (Wildman–Crippen LogP) is 3.14. The van der Waals surface area contributed by atoms with Crippen molar-refractivity contribution in [2.45, 2.75) is 31.7 Å². The highest BCUT2D eigenvalue weighted by Gasteiger charge is 2.18. The lowest BCUT2D eigenvalue weighted by Gasteiger charge is -2.23. The Morgan fingerprint density at radius 3 is 2.57 bits per heavy atom. The van der Waals surface area contributed by atoms with E-state index in [0.29, 0.717) is 24.3 Å². The summed E-state index contributed by atoms with van der Waals surface area (Å²) in [7, 11) is 0. The van der Waals surface area contributed by atoms with Gasteiger partial charge in [0.25, 0.3) is 5.91 Å². The Morgan fingerprint density at radius 2 is 2.00 bits per heavy atom. The number of carbonyl (C=O) groups excluding carboxylic acids is 1. The second-order valence-corrected chi connectivity index (χ2v) is 6.18. The predicted molar refractivity (Wildman–Crippen MR) is 94.4 cm³/mol. The van der Waals surface area contributed by atoms with Crippen LogP contribution in [0.4, 0.5) is 5.95 Å². The summed E-state index contributed by atoms with van der Waals surface area (Å²) >= 11 is 1.70. The Bertz CT molecular complexity index is 673. The molecule has 23 heavy (non-hydrogen) atoms. The molecule has 0 fully saturated rings. The van der Waals surface area contributed by atoms with E-state index in [0.717, 1.165) is 12.0 Å². The van der Waals surface area contributed by atoms with Gasteiger partial charge in [-0.1, -0.05) is 19.1 Å². The number of aromatic nitrogens is 2. The summed E-state index contributed by atoms with van der Waals surface area (Å²) < 4.78 is 0. The fourth-order valence-electron chi connectivity index (χ4n) is 2.34. The van der Waals surface area contributed by atoms with Gasteiger partial charge in [-0.15, -0.1) is 11.8 Å². The highest BCUT2D eigenvalue weighted by Crippen LogP contribution is 2.17. The van der Waals surface area contributed by atoms with Crippen LogP contribution in [0, 0.1) is 6.92 Å². The van der Waals surface area contributed by atoms with Crippen molar-refractivity contribution in [1.29, 1.82) is 0 Å². The molecule has 2 rings (SSSR count). The van der Waals surface area contributed by atoms with Gasteiger partial charge in [0.2, 0.25) is 5.95 Å². The van der Waals surface area contributed by atoms with Crippen LogP contribution in [0.2, 0.25) is 0 Å². The van der Waals surface area contributed by atoms with Gasteiger partial charge < -0.3 is 10.6 Å². The van der Waals surface area contributed by atoms with Crippen molar-refractivity contribution >= 4 is 23.6 Å². The third-order valence-electron chi connectivity index (χ3n) is 3.54. The number of amides is 1. The summed E-state index contributed by atoms with van der Waals surface area (Å²) in [5.74, 6) is 0.132. The normalized spacial score (nSPS) is 10.6. The number of nitrogen functional groups attached to an aromatic ring is 1. The van der Waals surface area contributed by atoms with Gasteiger partial charge in [0.15, 0.2) is 0 Å². The van der Waals surface area contributed by atoms with Gasteiger partial charge in [-0.2, -0.15) is 0 Å². The maximum Gasteiger partial charge on any atom is 0.257 e. The molecule has 6 heteroatoms. The highest BCUT2D eigenvalue weighted by molar-refractivity contribution is 7.98. The average Bonchev–Trinajstić information content (AvgIpc) is 2.54. The van der Waals surface area contributed by atoms with Crippen molar-refractivity contribution in [3.05, 3.63) is 47.3 Å². The molecule has 0 saturated heterocycles. The van der Waals surface area contributed by atoms with Gasteiger partial charge in [0, 0.05) is 24.2 Å². The Kier molecular flexibility index (Phi) is 5.98. The van der Waals surface area contributed by atoms with Crippen LogP contribution in [-0.4, -0.2) is 33.6 Å². The van der Waals surface area contributed by atoms with E-state index in [9.17, 15) is 4.79 Å².